The van der Waals surface area contributed by atoms with Crippen LogP contribution in [0.25, 0.3) is 0 Å². The van der Waals surface area contributed by atoms with Crippen molar-refractivity contribution in [3.8, 4) is 5.75 Å². The molecular formula is C19H23N3O3. The monoisotopic (exact) mass is 341 g/mol. The van der Waals surface area contributed by atoms with Crippen LogP contribution >= 0.6 is 0 Å². The molecule has 2 aromatic rings. The van der Waals surface area contributed by atoms with Gasteiger partial charge < -0.3 is 20.7 Å². The fraction of sp³-hybridized carbons (Fsp3) is 0.263. The molecule has 25 heavy (non-hydrogen) atoms. The van der Waals surface area contributed by atoms with Crippen LogP contribution in [0, 0.1) is 0 Å². The van der Waals surface area contributed by atoms with Gasteiger partial charge in [-0.05, 0) is 43.9 Å². The number of benzene rings is 2. The van der Waals surface area contributed by atoms with Crippen molar-refractivity contribution in [1.82, 2.24) is 10.2 Å². The van der Waals surface area contributed by atoms with Crippen molar-refractivity contribution in [1.29, 1.82) is 0 Å². The first-order chi connectivity index (χ1) is 12.0. The quantitative estimate of drug-likeness (QED) is 0.765. The molecule has 2 rings (SSSR count). The van der Waals surface area contributed by atoms with E-state index in [9.17, 15) is 9.59 Å². The average molecular weight is 341 g/mol. The first-order valence-corrected chi connectivity index (χ1v) is 8.01. The molecule has 2 amide bonds. The standard InChI is InChI=1S/C19H23N3O3/c1-22(2)11-10-21-19(24)15-7-5-6-14(12-15)13-25-17-9-4-3-8-16(17)18(20)23/h3-9,12H,10-11,13H2,1-2H3,(H2,20,23)(H,21,24). The second kappa shape index (κ2) is 8.84. The highest BCUT2D eigenvalue weighted by Gasteiger charge is 2.10. The van der Waals surface area contributed by atoms with Crippen molar-refractivity contribution in [2.45, 2.75) is 6.61 Å². The Bertz CT molecular complexity index is 744. The number of carbonyl (C=O) groups excluding carboxylic acids is 2. The number of primary amides is 1. The largest absolute Gasteiger partial charge is 0.488 e. The molecule has 0 aliphatic rings. The van der Waals surface area contributed by atoms with E-state index < -0.39 is 5.91 Å². The fourth-order valence-corrected chi connectivity index (χ4v) is 2.25. The van der Waals surface area contributed by atoms with E-state index in [4.69, 9.17) is 10.5 Å². The number of carbonyl (C=O) groups is 2. The third-order valence-electron chi connectivity index (χ3n) is 3.58. The molecule has 0 unspecified atom stereocenters. The Labute approximate surface area is 147 Å². The second-order valence-electron chi connectivity index (χ2n) is 5.91. The molecule has 0 aliphatic heterocycles. The van der Waals surface area contributed by atoms with Gasteiger partial charge in [0, 0.05) is 18.7 Å². The predicted octanol–water partition coefficient (Wildman–Crippen LogP) is 1.66. The number of para-hydroxylation sites is 1. The molecule has 0 saturated heterocycles. The van der Waals surface area contributed by atoms with Crippen molar-refractivity contribution >= 4 is 11.8 Å². The minimum absolute atomic E-state index is 0.124. The maximum atomic E-state index is 12.2. The highest BCUT2D eigenvalue weighted by molar-refractivity contribution is 5.95. The van der Waals surface area contributed by atoms with Crippen LogP contribution < -0.4 is 15.8 Å². The molecule has 0 heterocycles. The van der Waals surface area contributed by atoms with Crippen molar-refractivity contribution < 1.29 is 14.3 Å². The van der Waals surface area contributed by atoms with E-state index >= 15 is 0 Å². The van der Waals surface area contributed by atoms with Gasteiger partial charge in [-0.3, -0.25) is 9.59 Å². The van der Waals surface area contributed by atoms with Gasteiger partial charge in [-0.2, -0.15) is 0 Å². The third kappa shape index (κ3) is 5.61. The lowest BCUT2D eigenvalue weighted by molar-refractivity contribution is 0.0949. The summed E-state index contributed by atoms with van der Waals surface area (Å²) in [6, 6.07) is 14.0. The van der Waals surface area contributed by atoms with Gasteiger partial charge in [-0.25, -0.2) is 0 Å². The molecular weight excluding hydrogens is 318 g/mol. The van der Waals surface area contributed by atoms with Crippen LogP contribution in [-0.2, 0) is 6.61 Å². The molecule has 0 saturated carbocycles. The second-order valence-corrected chi connectivity index (χ2v) is 5.91. The predicted molar refractivity (Wildman–Crippen MR) is 96.6 cm³/mol. The molecule has 3 N–H and O–H groups in total. The molecule has 132 valence electrons. The zero-order chi connectivity index (χ0) is 18.2. The number of rotatable bonds is 8. The Balaban J connectivity index is 2.00. The summed E-state index contributed by atoms with van der Waals surface area (Å²) in [5, 5.41) is 2.87. The van der Waals surface area contributed by atoms with E-state index in [-0.39, 0.29) is 12.5 Å². The van der Waals surface area contributed by atoms with Crippen molar-refractivity contribution in [2.24, 2.45) is 5.73 Å². The van der Waals surface area contributed by atoms with Crippen molar-refractivity contribution in [2.75, 3.05) is 27.2 Å². The molecule has 6 nitrogen and oxygen atoms in total. The molecule has 0 aliphatic carbocycles. The molecule has 0 radical (unpaired) electrons. The number of amides is 2. The Morgan fingerprint density at radius 3 is 2.60 bits per heavy atom. The maximum Gasteiger partial charge on any atom is 0.252 e. The Kier molecular flexibility index (Phi) is 6.54. The van der Waals surface area contributed by atoms with Gasteiger partial charge in [0.2, 0.25) is 0 Å². The molecule has 0 aromatic heterocycles. The maximum absolute atomic E-state index is 12.2. The van der Waals surface area contributed by atoms with E-state index in [1.165, 1.54) is 0 Å². The minimum Gasteiger partial charge on any atom is -0.488 e. The van der Waals surface area contributed by atoms with E-state index in [2.05, 4.69) is 5.32 Å². The summed E-state index contributed by atoms with van der Waals surface area (Å²) < 4.78 is 5.69. The van der Waals surface area contributed by atoms with Gasteiger partial charge in [0.25, 0.3) is 11.8 Å². The summed E-state index contributed by atoms with van der Waals surface area (Å²) in [6.45, 7) is 1.60. The number of nitrogens with two attached hydrogens (primary N) is 1. The van der Waals surface area contributed by atoms with E-state index in [0.717, 1.165) is 12.1 Å². The minimum atomic E-state index is -0.537. The lowest BCUT2D eigenvalue weighted by atomic mass is 10.1. The SMILES string of the molecule is CN(C)CCNC(=O)c1cccc(COc2ccccc2C(N)=O)c1. The van der Waals surface area contributed by atoms with Crippen LogP contribution in [0.5, 0.6) is 5.75 Å². The summed E-state index contributed by atoms with van der Waals surface area (Å²) in [7, 11) is 3.90. The molecule has 0 bridgehead atoms. The van der Waals surface area contributed by atoms with E-state index in [0.29, 0.717) is 23.4 Å². The summed E-state index contributed by atoms with van der Waals surface area (Å²) in [6.07, 6.45) is 0. The van der Waals surface area contributed by atoms with Crippen molar-refractivity contribution in [3.05, 3.63) is 65.2 Å². The lowest BCUT2D eigenvalue weighted by Crippen LogP contribution is -2.31. The number of ether oxygens (including phenoxy) is 1. The Morgan fingerprint density at radius 1 is 1.12 bits per heavy atom. The van der Waals surface area contributed by atoms with Gasteiger partial charge in [-0.1, -0.05) is 24.3 Å². The first-order valence-electron chi connectivity index (χ1n) is 8.01. The molecule has 0 spiro atoms. The van der Waals surface area contributed by atoms with Crippen LogP contribution in [0.2, 0.25) is 0 Å². The Morgan fingerprint density at radius 2 is 1.88 bits per heavy atom. The highest BCUT2D eigenvalue weighted by Crippen LogP contribution is 2.19. The van der Waals surface area contributed by atoms with Gasteiger partial charge >= 0.3 is 0 Å². The smallest absolute Gasteiger partial charge is 0.252 e. The number of hydrogen-bond donors (Lipinski definition) is 2. The van der Waals surface area contributed by atoms with E-state index in [1.54, 1.807) is 42.5 Å². The average Bonchev–Trinajstić information content (AvgIpc) is 2.60. The summed E-state index contributed by atoms with van der Waals surface area (Å²) in [5.74, 6) is -0.235. The zero-order valence-corrected chi connectivity index (χ0v) is 14.5. The molecule has 2 aromatic carbocycles. The number of nitrogens with zero attached hydrogens (tertiary/aromatic N) is 1. The molecule has 0 fully saturated rings. The van der Waals surface area contributed by atoms with Crippen LogP contribution in [0.4, 0.5) is 0 Å². The zero-order valence-electron chi connectivity index (χ0n) is 14.5. The topological polar surface area (TPSA) is 84.7 Å². The highest BCUT2D eigenvalue weighted by atomic mass is 16.5. The van der Waals surface area contributed by atoms with Crippen LogP contribution in [0.1, 0.15) is 26.3 Å². The summed E-state index contributed by atoms with van der Waals surface area (Å²) >= 11 is 0. The van der Waals surface area contributed by atoms with Gasteiger partial charge in [0.15, 0.2) is 0 Å². The first kappa shape index (κ1) is 18.5. The van der Waals surface area contributed by atoms with Gasteiger partial charge in [0.1, 0.15) is 12.4 Å². The normalized spacial score (nSPS) is 10.5. The number of likely N-dealkylation sites (N-methyl/N-ethyl adjacent to an activating group) is 1. The van der Waals surface area contributed by atoms with Crippen molar-refractivity contribution in [3.63, 3.8) is 0 Å². The van der Waals surface area contributed by atoms with E-state index in [1.807, 2.05) is 25.1 Å². The van der Waals surface area contributed by atoms with Crippen LogP contribution in [0.15, 0.2) is 48.5 Å². The fourth-order valence-electron chi connectivity index (χ4n) is 2.25. The number of nitrogens with one attached hydrogen (secondary N) is 1. The lowest BCUT2D eigenvalue weighted by Gasteiger charge is -2.12. The van der Waals surface area contributed by atoms with Gasteiger partial charge in [0.05, 0.1) is 5.56 Å². The summed E-state index contributed by atoms with van der Waals surface area (Å²) in [5.41, 5.74) is 7.08. The third-order valence-corrected chi connectivity index (χ3v) is 3.58. The van der Waals surface area contributed by atoms with Crippen LogP contribution in [-0.4, -0.2) is 43.9 Å². The van der Waals surface area contributed by atoms with Gasteiger partial charge in [-0.15, -0.1) is 0 Å². The number of hydrogen-bond acceptors (Lipinski definition) is 4. The summed E-state index contributed by atoms with van der Waals surface area (Å²) in [4.78, 5) is 25.6. The van der Waals surface area contributed by atoms with Crippen LogP contribution in [0.3, 0.4) is 0 Å². The molecule has 6 heteroatoms. The Hall–Kier alpha value is -2.86. The molecule has 0 atom stereocenters.